The van der Waals surface area contributed by atoms with Crippen molar-refractivity contribution in [2.24, 2.45) is 0 Å². The maximum Gasteiger partial charge on any atom is 0.159 e. The van der Waals surface area contributed by atoms with Gasteiger partial charge in [0.2, 0.25) is 0 Å². The van der Waals surface area contributed by atoms with Crippen LogP contribution < -0.4 is 5.32 Å². The highest BCUT2D eigenvalue weighted by molar-refractivity contribution is 5.97. The molecule has 9 heteroatoms. The van der Waals surface area contributed by atoms with Crippen molar-refractivity contribution in [1.82, 2.24) is 40.4 Å². The molecule has 0 aliphatic rings. The van der Waals surface area contributed by atoms with Crippen LogP contribution >= 0.6 is 0 Å². The number of hydrogen-bond acceptors (Lipinski definition) is 6. The zero-order valence-corrected chi connectivity index (χ0v) is 18.9. The second-order valence-electron chi connectivity index (χ2n) is 8.23. The van der Waals surface area contributed by atoms with Gasteiger partial charge >= 0.3 is 0 Å². The van der Waals surface area contributed by atoms with Crippen molar-refractivity contribution in [3.63, 3.8) is 0 Å². The second kappa shape index (κ2) is 8.69. The van der Waals surface area contributed by atoms with E-state index in [1.54, 1.807) is 30.7 Å². The highest BCUT2D eigenvalue weighted by Gasteiger charge is 2.17. The first-order valence-corrected chi connectivity index (χ1v) is 11.3. The van der Waals surface area contributed by atoms with Gasteiger partial charge in [0.15, 0.2) is 5.82 Å². The number of rotatable bonds is 6. The Hall–Kier alpha value is -4.50. The zero-order valence-electron chi connectivity index (χ0n) is 18.9. The Labute approximate surface area is 199 Å². The van der Waals surface area contributed by atoms with Crippen molar-refractivity contribution in [3.8, 4) is 33.9 Å². The third-order valence-corrected chi connectivity index (χ3v) is 5.89. The molecule has 0 atom stereocenters. The summed E-state index contributed by atoms with van der Waals surface area (Å²) in [5, 5.41) is 11.8. The van der Waals surface area contributed by atoms with E-state index >= 15 is 0 Å². The van der Waals surface area contributed by atoms with Crippen LogP contribution in [0.3, 0.4) is 0 Å². The van der Waals surface area contributed by atoms with Gasteiger partial charge in [0.25, 0.3) is 0 Å². The van der Waals surface area contributed by atoms with Crippen LogP contribution in [0.25, 0.3) is 55.8 Å². The molecule has 5 heterocycles. The SMILES string of the molecule is CCNCc1cncc(-c2cc3c(-c4nc5c(-c6ccc(F)cc6)cncc5[nH]4)n[nH]c3cn2)c1. The summed E-state index contributed by atoms with van der Waals surface area (Å²) >= 11 is 0. The number of aromatic nitrogens is 7. The van der Waals surface area contributed by atoms with Crippen molar-refractivity contribution in [2.45, 2.75) is 13.5 Å². The van der Waals surface area contributed by atoms with E-state index in [-0.39, 0.29) is 5.82 Å². The number of H-pyrrole nitrogens is 2. The molecule has 6 aromatic rings. The van der Waals surface area contributed by atoms with E-state index in [4.69, 9.17) is 4.98 Å². The lowest BCUT2D eigenvalue weighted by Gasteiger charge is -2.05. The first kappa shape index (κ1) is 21.1. The van der Waals surface area contributed by atoms with Crippen LogP contribution in [0.2, 0.25) is 0 Å². The third kappa shape index (κ3) is 3.91. The van der Waals surface area contributed by atoms with Gasteiger partial charge in [-0.2, -0.15) is 5.10 Å². The zero-order chi connectivity index (χ0) is 23.8. The predicted octanol–water partition coefficient (Wildman–Crippen LogP) is 4.87. The van der Waals surface area contributed by atoms with Crippen molar-refractivity contribution in [1.29, 1.82) is 0 Å². The maximum atomic E-state index is 13.4. The van der Waals surface area contributed by atoms with Gasteiger partial charge in [-0.25, -0.2) is 9.37 Å². The minimum absolute atomic E-state index is 0.286. The molecule has 0 fully saturated rings. The van der Waals surface area contributed by atoms with E-state index in [0.29, 0.717) is 11.5 Å². The van der Waals surface area contributed by atoms with Crippen LogP contribution in [0, 0.1) is 5.82 Å². The van der Waals surface area contributed by atoms with Crippen molar-refractivity contribution in [3.05, 3.63) is 78.8 Å². The number of fused-ring (bicyclic) bond motifs is 2. The van der Waals surface area contributed by atoms with Gasteiger partial charge in [-0.05, 0) is 41.9 Å². The summed E-state index contributed by atoms with van der Waals surface area (Å²) in [6.07, 6.45) is 8.90. The van der Waals surface area contributed by atoms with Gasteiger partial charge in [0.1, 0.15) is 11.5 Å². The van der Waals surface area contributed by atoms with Crippen LogP contribution in [-0.4, -0.2) is 41.7 Å². The monoisotopic (exact) mass is 464 g/mol. The number of nitrogens with zero attached hydrogens (tertiary/aromatic N) is 5. The molecule has 35 heavy (non-hydrogen) atoms. The third-order valence-electron chi connectivity index (χ3n) is 5.89. The minimum atomic E-state index is -0.286. The molecule has 5 aromatic heterocycles. The normalized spacial score (nSPS) is 11.5. The highest BCUT2D eigenvalue weighted by atomic mass is 19.1. The molecule has 0 aliphatic carbocycles. The number of hydrogen-bond donors (Lipinski definition) is 3. The average molecular weight is 465 g/mol. The summed E-state index contributed by atoms with van der Waals surface area (Å²) in [4.78, 5) is 21.5. The van der Waals surface area contributed by atoms with E-state index < -0.39 is 0 Å². The van der Waals surface area contributed by atoms with Crippen LogP contribution in [0.5, 0.6) is 0 Å². The summed E-state index contributed by atoms with van der Waals surface area (Å²) in [5.41, 5.74) is 7.48. The number of pyridine rings is 3. The molecular weight excluding hydrogens is 443 g/mol. The molecule has 0 amide bonds. The Balaban J connectivity index is 1.43. The first-order valence-electron chi connectivity index (χ1n) is 11.3. The molecule has 0 radical (unpaired) electrons. The minimum Gasteiger partial charge on any atom is -0.335 e. The van der Waals surface area contributed by atoms with E-state index in [2.05, 4.69) is 48.4 Å². The largest absolute Gasteiger partial charge is 0.335 e. The molecule has 8 nitrogen and oxygen atoms in total. The van der Waals surface area contributed by atoms with E-state index in [1.807, 2.05) is 18.5 Å². The Morgan fingerprint density at radius 1 is 0.914 bits per heavy atom. The Kier molecular flexibility index (Phi) is 5.23. The molecule has 3 N–H and O–H groups in total. The summed E-state index contributed by atoms with van der Waals surface area (Å²) in [5.74, 6) is 0.324. The van der Waals surface area contributed by atoms with Crippen LogP contribution in [0.15, 0.2) is 67.4 Å². The summed E-state index contributed by atoms with van der Waals surface area (Å²) < 4.78 is 13.4. The lowest BCUT2D eigenvalue weighted by Crippen LogP contribution is -2.11. The molecule has 0 unspecified atom stereocenters. The molecular formula is C26H21FN8. The van der Waals surface area contributed by atoms with Crippen LogP contribution in [0.4, 0.5) is 4.39 Å². The Morgan fingerprint density at radius 3 is 2.63 bits per heavy atom. The molecule has 0 aliphatic heterocycles. The standard InChI is InChI=1S/C26H21FN8/c1-2-28-9-15-7-17(11-29-10-15)21-8-19-22(14-31-21)34-35-25(19)26-32-23-13-30-12-20(24(23)33-26)16-3-5-18(27)6-4-16/h3-8,10-14,28H,2,9H2,1H3,(H,32,33)(H,34,35). The lowest BCUT2D eigenvalue weighted by atomic mass is 10.1. The highest BCUT2D eigenvalue weighted by Crippen LogP contribution is 2.32. The average Bonchev–Trinajstić information content (AvgIpc) is 3.51. The molecule has 6 rings (SSSR count). The number of halogens is 1. The van der Waals surface area contributed by atoms with Gasteiger partial charge in [0.05, 0.1) is 34.6 Å². The summed E-state index contributed by atoms with van der Waals surface area (Å²) in [6.45, 7) is 3.71. The van der Waals surface area contributed by atoms with Gasteiger partial charge < -0.3 is 10.3 Å². The summed E-state index contributed by atoms with van der Waals surface area (Å²) in [7, 11) is 0. The van der Waals surface area contributed by atoms with Gasteiger partial charge in [-0.15, -0.1) is 0 Å². The maximum absolute atomic E-state index is 13.4. The topological polar surface area (TPSA) is 108 Å². The second-order valence-corrected chi connectivity index (χ2v) is 8.23. The quantitative estimate of drug-likeness (QED) is 0.324. The van der Waals surface area contributed by atoms with Crippen molar-refractivity contribution in [2.75, 3.05) is 6.54 Å². The van der Waals surface area contributed by atoms with E-state index in [1.165, 1.54) is 12.1 Å². The molecule has 0 saturated heterocycles. The summed E-state index contributed by atoms with van der Waals surface area (Å²) in [6, 6.07) is 10.4. The van der Waals surface area contributed by atoms with Gasteiger partial charge in [-0.1, -0.05) is 19.1 Å². The van der Waals surface area contributed by atoms with E-state index in [9.17, 15) is 4.39 Å². The van der Waals surface area contributed by atoms with E-state index in [0.717, 1.165) is 63.0 Å². The first-order chi connectivity index (χ1) is 17.2. The Morgan fingerprint density at radius 2 is 1.77 bits per heavy atom. The molecule has 0 spiro atoms. The van der Waals surface area contributed by atoms with Crippen LogP contribution in [-0.2, 0) is 6.54 Å². The molecule has 0 bridgehead atoms. The molecule has 0 saturated carbocycles. The number of imidazole rings is 1. The smallest absolute Gasteiger partial charge is 0.159 e. The Bertz CT molecular complexity index is 1650. The fourth-order valence-corrected chi connectivity index (χ4v) is 4.13. The fourth-order valence-electron chi connectivity index (χ4n) is 4.13. The van der Waals surface area contributed by atoms with Crippen LogP contribution in [0.1, 0.15) is 12.5 Å². The molecule has 1 aromatic carbocycles. The van der Waals surface area contributed by atoms with Gasteiger partial charge in [0, 0.05) is 41.6 Å². The lowest BCUT2D eigenvalue weighted by molar-refractivity contribution is 0.628. The van der Waals surface area contributed by atoms with Gasteiger partial charge in [-0.3, -0.25) is 20.1 Å². The predicted molar refractivity (Wildman–Crippen MR) is 133 cm³/mol. The van der Waals surface area contributed by atoms with Crippen molar-refractivity contribution < 1.29 is 4.39 Å². The van der Waals surface area contributed by atoms with Crippen molar-refractivity contribution >= 4 is 21.9 Å². The number of benzene rings is 1. The number of nitrogens with one attached hydrogen (secondary N) is 3. The number of aromatic amines is 2. The fraction of sp³-hybridized carbons (Fsp3) is 0.115. The molecule has 172 valence electrons.